The smallest absolute Gasteiger partial charge is 0.234 e. The minimum atomic E-state index is -0.118. The van der Waals surface area contributed by atoms with Crippen LogP contribution in [0.4, 0.5) is 0 Å². The SMILES string of the molecule is COc1ccc(CCCCNC(=O)CCl)cc1OC. The summed E-state index contributed by atoms with van der Waals surface area (Å²) in [4.78, 5) is 10.9. The minimum absolute atomic E-state index is 0.0235. The first-order valence-corrected chi connectivity index (χ1v) is 6.78. The molecule has 0 atom stereocenters. The summed E-state index contributed by atoms with van der Waals surface area (Å²) in [5.41, 5.74) is 1.20. The maximum absolute atomic E-state index is 10.9. The predicted molar refractivity (Wildman–Crippen MR) is 76.2 cm³/mol. The van der Waals surface area contributed by atoms with E-state index < -0.39 is 0 Å². The van der Waals surface area contributed by atoms with E-state index in [1.54, 1.807) is 14.2 Å². The topological polar surface area (TPSA) is 47.6 Å². The molecule has 0 heterocycles. The number of hydrogen-bond donors (Lipinski definition) is 1. The molecular formula is C14H20ClNO3. The number of carbonyl (C=O) groups is 1. The van der Waals surface area contributed by atoms with Crippen LogP contribution in [0.3, 0.4) is 0 Å². The van der Waals surface area contributed by atoms with Crippen LogP contribution in [-0.2, 0) is 11.2 Å². The zero-order valence-corrected chi connectivity index (χ0v) is 12.1. The molecule has 4 nitrogen and oxygen atoms in total. The fourth-order valence-corrected chi connectivity index (χ4v) is 1.86. The normalized spacial score (nSPS) is 10.1. The third-order valence-corrected chi connectivity index (χ3v) is 3.03. The van der Waals surface area contributed by atoms with Gasteiger partial charge in [-0.25, -0.2) is 0 Å². The van der Waals surface area contributed by atoms with Crippen LogP contribution in [0, 0.1) is 0 Å². The molecule has 0 aliphatic rings. The molecule has 0 saturated heterocycles. The van der Waals surface area contributed by atoms with Crippen LogP contribution in [0.15, 0.2) is 18.2 Å². The maximum Gasteiger partial charge on any atom is 0.234 e. The molecular weight excluding hydrogens is 266 g/mol. The number of halogens is 1. The number of rotatable bonds is 8. The van der Waals surface area contributed by atoms with Gasteiger partial charge in [0, 0.05) is 6.54 Å². The van der Waals surface area contributed by atoms with Crippen LogP contribution in [0.5, 0.6) is 11.5 Å². The molecule has 1 amide bonds. The summed E-state index contributed by atoms with van der Waals surface area (Å²) in [6, 6.07) is 5.91. The van der Waals surface area contributed by atoms with Crippen LogP contribution >= 0.6 is 11.6 Å². The van der Waals surface area contributed by atoms with Crippen molar-refractivity contribution in [3.63, 3.8) is 0 Å². The van der Waals surface area contributed by atoms with Gasteiger partial charge in [0.25, 0.3) is 0 Å². The van der Waals surface area contributed by atoms with Crippen molar-refractivity contribution < 1.29 is 14.3 Å². The number of methoxy groups -OCH3 is 2. The molecule has 106 valence electrons. The van der Waals surface area contributed by atoms with Gasteiger partial charge in [0.2, 0.25) is 5.91 Å². The van der Waals surface area contributed by atoms with Crippen LogP contribution in [0.2, 0.25) is 0 Å². The number of alkyl halides is 1. The number of carbonyl (C=O) groups excluding carboxylic acids is 1. The monoisotopic (exact) mass is 285 g/mol. The van der Waals surface area contributed by atoms with Crippen molar-refractivity contribution in [2.75, 3.05) is 26.6 Å². The Labute approximate surface area is 119 Å². The number of unbranched alkanes of at least 4 members (excludes halogenated alkanes) is 1. The van der Waals surface area contributed by atoms with E-state index in [1.165, 1.54) is 5.56 Å². The Hall–Kier alpha value is -1.42. The standard InChI is InChI=1S/C14H20ClNO3/c1-18-12-7-6-11(9-13(12)19-2)5-3-4-8-16-14(17)10-15/h6-7,9H,3-5,8,10H2,1-2H3,(H,16,17). The third kappa shape index (κ3) is 5.39. The number of hydrogen-bond acceptors (Lipinski definition) is 3. The fourth-order valence-electron chi connectivity index (χ4n) is 1.77. The number of benzene rings is 1. The molecule has 19 heavy (non-hydrogen) atoms. The molecule has 1 rings (SSSR count). The van der Waals surface area contributed by atoms with E-state index in [4.69, 9.17) is 21.1 Å². The van der Waals surface area contributed by atoms with E-state index >= 15 is 0 Å². The molecule has 1 N–H and O–H groups in total. The molecule has 0 unspecified atom stereocenters. The Morgan fingerprint density at radius 2 is 1.95 bits per heavy atom. The van der Waals surface area contributed by atoms with E-state index in [2.05, 4.69) is 5.32 Å². The van der Waals surface area contributed by atoms with Gasteiger partial charge in [0.15, 0.2) is 11.5 Å². The van der Waals surface area contributed by atoms with Gasteiger partial charge in [-0.3, -0.25) is 4.79 Å². The second-order valence-electron chi connectivity index (χ2n) is 4.13. The first kappa shape index (κ1) is 15.6. The van der Waals surface area contributed by atoms with Crippen LogP contribution in [0.25, 0.3) is 0 Å². The quantitative estimate of drug-likeness (QED) is 0.589. The highest BCUT2D eigenvalue weighted by Gasteiger charge is 2.04. The highest BCUT2D eigenvalue weighted by Crippen LogP contribution is 2.27. The van der Waals surface area contributed by atoms with Crippen molar-refractivity contribution in [2.45, 2.75) is 19.3 Å². The molecule has 0 saturated carbocycles. The highest BCUT2D eigenvalue weighted by molar-refractivity contribution is 6.27. The lowest BCUT2D eigenvalue weighted by molar-refractivity contribution is -0.118. The maximum atomic E-state index is 10.9. The van der Waals surface area contributed by atoms with Crippen LogP contribution in [-0.4, -0.2) is 32.6 Å². The minimum Gasteiger partial charge on any atom is -0.493 e. The van der Waals surface area contributed by atoms with E-state index in [-0.39, 0.29) is 11.8 Å². The van der Waals surface area contributed by atoms with E-state index in [1.807, 2.05) is 18.2 Å². The second-order valence-corrected chi connectivity index (χ2v) is 4.40. The predicted octanol–water partition coefficient (Wildman–Crippen LogP) is 2.38. The van der Waals surface area contributed by atoms with Gasteiger partial charge < -0.3 is 14.8 Å². The van der Waals surface area contributed by atoms with Gasteiger partial charge in [-0.05, 0) is 37.0 Å². The van der Waals surface area contributed by atoms with Gasteiger partial charge >= 0.3 is 0 Å². The highest BCUT2D eigenvalue weighted by atomic mass is 35.5. The number of nitrogens with one attached hydrogen (secondary N) is 1. The van der Waals surface area contributed by atoms with Crippen molar-refractivity contribution in [3.8, 4) is 11.5 Å². The van der Waals surface area contributed by atoms with E-state index in [0.717, 1.165) is 30.8 Å². The average Bonchev–Trinajstić information content (AvgIpc) is 2.46. The zero-order chi connectivity index (χ0) is 14.1. The van der Waals surface area contributed by atoms with Crippen molar-refractivity contribution in [2.24, 2.45) is 0 Å². The molecule has 0 aliphatic heterocycles. The van der Waals surface area contributed by atoms with Crippen molar-refractivity contribution in [1.82, 2.24) is 5.32 Å². The Balaban J connectivity index is 2.35. The largest absolute Gasteiger partial charge is 0.493 e. The lowest BCUT2D eigenvalue weighted by Crippen LogP contribution is -2.25. The van der Waals surface area contributed by atoms with Gasteiger partial charge in [0.05, 0.1) is 14.2 Å². The Morgan fingerprint density at radius 3 is 2.58 bits per heavy atom. The van der Waals surface area contributed by atoms with E-state index in [0.29, 0.717) is 6.54 Å². The summed E-state index contributed by atoms with van der Waals surface area (Å²) in [6.45, 7) is 0.666. The molecule has 0 spiro atoms. The molecule has 0 fully saturated rings. The molecule has 0 radical (unpaired) electrons. The van der Waals surface area contributed by atoms with Crippen molar-refractivity contribution >= 4 is 17.5 Å². The lowest BCUT2D eigenvalue weighted by Gasteiger charge is -2.09. The summed E-state index contributed by atoms with van der Waals surface area (Å²) in [5.74, 6) is 1.39. The summed E-state index contributed by atoms with van der Waals surface area (Å²) in [7, 11) is 3.25. The molecule has 0 aromatic heterocycles. The fraction of sp³-hybridized carbons (Fsp3) is 0.500. The van der Waals surface area contributed by atoms with E-state index in [9.17, 15) is 4.79 Å². The Morgan fingerprint density at radius 1 is 1.21 bits per heavy atom. The summed E-state index contributed by atoms with van der Waals surface area (Å²) in [5, 5.41) is 2.74. The first-order chi connectivity index (χ1) is 9.21. The number of amides is 1. The first-order valence-electron chi connectivity index (χ1n) is 6.24. The Kier molecular flexibility index (Phi) is 7.11. The molecule has 1 aromatic carbocycles. The van der Waals surface area contributed by atoms with Gasteiger partial charge in [-0.1, -0.05) is 6.07 Å². The third-order valence-electron chi connectivity index (χ3n) is 2.78. The van der Waals surface area contributed by atoms with Crippen molar-refractivity contribution in [1.29, 1.82) is 0 Å². The van der Waals surface area contributed by atoms with Gasteiger partial charge in [0.1, 0.15) is 5.88 Å². The molecule has 5 heteroatoms. The average molecular weight is 286 g/mol. The summed E-state index contributed by atoms with van der Waals surface area (Å²) >= 11 is 5.38. The summed E-state index contributed by atoms with van der Waals surface area (Å²) < 4.78 is 10.4. The van der Waals surface area contributed by atoms with Gasteiger partial charge in [-0.15, -0.1) is 11.6 Å². The molecule has 1 aromatic rings. The summed E-state index contributed by atoms with van der Waals surface area (Å²) in [6.07, 6.45) is 2.87. The number of aryl methyl sites for hydroxylation is 1. The van der Waals surface area contributed by atoms with Crippen LogP contribution < -0.4 is 14.8 Å². The lowest BCUT2D eigenvalue weighted by atomic mass is 10.1. The zero-order valence-electron chi connectivity index (χ0n) is 11.4. The molecule has 0 aliphatic carbocycles. The van der Waals surface area contributed by atoms with Crippen molar-refractivity contribution in [3.05, 3.63) is 23.8 Å². The second kappa shape index (κ2) is 8.64. The number of ether oxygens (including phenoxy) is 2. The van der Waals surface area contributed by atoms with Crippen LogP contribution in [0.1, 0.15) is 18.4 Å². The molecule has 0 bridgehead atoms. The Bertz CT molecular complexity index is 410. The van der Waals surface area contributed by atoms with Gasteiger partial charge in [-0.2, -0.15) is 0 Å².